The lowest BCUT2D eigenvalue weighted by atomic mass is 10.1. The van der Waals surface area contributed by atoms with Crippen molar-refractivity contribution in [3.8, 4) is 17.2 Å². The van der Waals surface area contributed by atoms with E-state index in [1.165, 1.54) is 7.11 Å². The molecule has 1 aliphatic heterocycles. The van der Waals surface area contributed by atoms with Gasteiger partial charge in [0, 0.05) is 5.69 Å². The van der Waals surface area contributed by atoms with Gasteiger partial charge in [-0.25, -0.2) is 4.79 Å². The molecule has 29 heavy (non-hydrogen) atoms. The first-order valence-electron chi connectivity index (χ1n) is 8.98. The maximum Gasteiger partial charge on any atom is 0.323 e. The van der Waals surface area contributed by atoms with Crippen molar-refractivity contribution < 1.29 is 19.1 Å². The van der Waals surface area contributed by atoms with Crippen molar-refractivity contribution in [2.24, 2.45) is 0 Å². The van der Waals surface area contributed by atoms with Crippen LogP contribution < -0.4 is 25.4 Å². The molecule has 1 aliphatic rings. The lowest BCUT2D eigenvalue weighted by molar-refractivity contribution is 0.102. The second-order valence-corrected chi connectivity index (χ2v) is 6.55. The molecular formula is C22H19N3O4. The zero-order chi connectivity index (χ0) is 20.4. The fourth-order valence-electron chi connectivity index (χ4n) is 3.05. The largest absolute Gasteiger partial charge is 0.495 e. The van der Waals surface area contributed by atoms with Gasteiger partial charge in [0.05, 0.1) is 24.0 Å². The molecule has 0 atom stereocenters. The molecular weight excluding hydrogens is 370 g/mol. The standard InChI is InChI=1S/C22H19N3O4/c1-13-7-9-20-17(11-13)24-21(26)15-12-14(8-10-18(15)29-20)23-22(27)25-16-5-3-4-6-19(16)28-2/h3-12H,1-2H3,(H,24,26)(H2,23,25,27). The first-order chi connectivity index (χ1) is 14.0. The number of methoxy groups -OCH3 is 1. The SMILES string of the molecule is COc1ccccc1NC(=O)Nc1ccc2c(c1)C(=O)Nc1cc(C)ccc1O2. The van der Waals surface area contributed by atoms with E-state index in [0.29, 0.717) is 39.9 Å². The predicted molar refractivity (Wildman–Crippen MR) is 111 cm³/mol. The minimum Gasteiger partial charge on any atom is -0.495 e. The summed E-state index contributed by atoms with van der Waals surface area (Å²) in [5.41, 5.74) is 2.93. The van der Waals surface area contributed by atoms with Crippen LogP contribution in [0.5, 0.6) is 17.2 Å². The van der Waals surface area contributed by atoms with Gasteiger partial charge in [-0.15, -0.1) is 0 Å². The molecule has 3 amide bonds. The third-order valence-electron chi connectivity index (χ3n) is 4.44. The molecule has 0 aromatic heterocycles. The van der Waals surface area contributed by atoms with Gasteiger partial charge in [0.25, 0.3) is 5.91 Å². The fraction of sp³-hybridized carbons (Fsp3) is 0.0909. The molecule has 3 aromatic rings. The molecule has 0 fully saturated rings. The number of carbonyl (C=O) groups excluding carboxylic acids is 2. The van der Waals surface area contributed by atoms with Crippen molar-refractivity contribution >= 4 is 29.0 Å². The minimum atomic E-state index is -0.455. The molecule has 7 nitrogen and oxygen atoms in total. The van der Waals surface area contributed by atoms with Crippen LogP contribution in [0.2, 0.25) is 0 Å². The van der Waals surface area contributed by atoms with Crippen LogP contribution in [0.25, 0.3) is 0 Å². The van der Waals surface area contributed by atoms with Gasteiger partial charge in [-0.1, -0.05) is 18.2 Å². The van der Waals surface area contributed by atoms with E-state index in [-0.39, 0.29) is 5.91 Å². The smallest absolute Gasteiger partial charge is 0.323 e. The molecule has 0 saturated carbocycles. The Labute approximate surface area is 167 Å². The number of hydrogen-bond donors (Lipinski definition) is 3. The molecule has 1 heterocycles. The highest BCUT2D eigenvalue weighted by atomic mass is 16.5. The highest BCUT2D eigenvalue weighted by Gasteiger charge is 2.21. The van der Waals surface area contributed by atoms with Gasteiger partial charge in [0.15, 0.2) is 5.75 Å². The molecule has 0 radical (unpaired) electrons. The van der Waals surface area contributed by atoms with Crippen LogP contribution in [0.3, 0.4) is 0 Å². The first-order valence-corrected chi connectivity index (χ1v) is 8.98. The van der Waals surface area contributed by atoms with Crippen LogP contribution in [0.15, 0.2) is 60.7 Å². The molecule has 146 valence electrons. The highest BCUT2D eigenvalue weighted by Crippen LogP contribution is 2.37. The Kier molecular flexibility index (Phi) is 4.78. The normalized spacial score (nSPS) is 11.9. The van der Waals surface area contributed by atoms with Crippen molar-refractivity contribution in [1.29, 1.82) is 0 Å². The topological polar surface area (TPSA) is 88.7 Å². The number of aryl methyl sites for hydroxylation is 1. The maximum atomic E-state index is 12.7. The van der Waals surface area contributed by atoms with Crippen LogP contribution in [0, 0.1) is 6.92 Å². The fourth-order valence-corrected chi connectivity index (χ4v) is 3.05. The van der Waals surface area contributed by atoms with Crippen LogP contribution >= 0.6 is 0 Å². The first kappa shape index (κ1) is 18.4. The Morgan fingerprint density at radius 1 is 1.00 bits per heavy atom. The van der Waals surface area contributed by atoms with Crippen LogP contribution in [-0.2, 0) is 0 Å². The lowest BCUT2D eigenvalue weighted by Crippen LogP contribution is -2.20. The molecule has 3 N–H and O–H groups in total. The number of hydrogen-bond acceptors (Lipinski definition) is 4. The average Bonchev–Trinajstić information content (AvgIpc) is 2.84. The van der Waals surface area contributed by atoms with Crippen molar-refractivity contribution in [3.63, 3.8) is 0 Å². The number of anilines is 3. The van der Waals surface area contributed by atoms with E-state index in [4.69, 9.17) is 9.47 Å². The van der Waals surface area contributed by atoms with E-state index in [2.05, 4.69) is 16.0 Å². The number of nitrogens with one attached hydrogen (secondary N) is 3. The van der Waals surface area contributed by atoms with Crippen molar-refractivity contribution in [3.05, 3.63) is 71.8 Å². The minimum absolute atomic E-state index is 0.307. The number of urea groups is 1. The number of ether oxygens (including phenoxy) is 2. The van der Waals surface area contributed by atoms with E-state index >= 15 is 0 Å². The van der Waals surface area contributed by atoms with Crippen molar-refractivity contribution in [2.75, 3.05) is 23.1 Å². The summed E-state index contributed by atoms with van der Waals surface area (Å²) in [6, 6.07) is 17.1. The average molecular weight is 389 g/mol. The van der Waals surface area contributed by atoms with Crippen LogP contribution in [0.1, 0.15) is 15.9 Å². The van der Waals surface area contributed by atoms with E-state index in [1.54, 1.807) is 36.4 Å². The summed E-state index contributed by atoms with van der Waals surface area (Å²) in [5, 5.41) is 8.30. The summed E-state index contributed by atoms with van der Waals surface area (Å²) in [7, 11) is 1.53. The number of carbonyl (C=O) groups is 2. The van der Waals surface area contributed by atoms with Gasteiger partial charge in [-0.3, -0.25) is 4.79 Å². The van der Waals surface area contributed by atoms with E-state index in [9.17, 15) is 9.59 Å². The summed E-state index contributed by atoms with van der Waals surface area (Å²) in [4.78, 5) is 25.0. The Hall–Kier alpha value is -4.00. The molecule has 0 spiro atoms. The summed E-state index contributed by atoms with van der Waals surface area (Å²) in [5.74, 6) is 1.22. The predicted octanol–water partition coefficient (Wildman–Crippen LogP) is 5.01. The number of rotatable bonds is 3. The molecule has 7 heteroatoms. The second kappa shape index (κ2) is 7.55. The van der Waals surface area contributed by atoms with E-state index in [1.807, 2.05) is 31.2 Å². The van der Waals surface area contributed by atoms with Gasteiger partial charge in [0.2, 0.25) is 0 Å². The van der Waals surface area contributed by atoms with E-state index in [0.717, 1.165) is 5.56 Å². The van der Waals surface area contributed by atoms with Crippen molar-refractivity contribution in [1.82, 2.24) is 0 Å². The Bertz CT molecular complexity index is 1110. The van der Waals surface area contributed by atoms with Gasteiger partial charge in [0.1, 0.15) is 11.5 Å². The zero-order valence-electron chi connectivity index (χ0n) is 15.9. The number of para-hydroxylation sites is 2. The lowest BCUT2D eigenvalue weighted by Gasteiger charge is -2.12. The second-order valence-electron chi connectivity index (χ2n) is 6.55. The molecule has 4 rings (SSSR count). The third-order valence-corrected chi connectivity index (χ3v) is 4.44. The highest BCUT2D eigenvalue weighted by molar-refractivity contribution is 6.09. The van der Waals surface area contributed by atoms with Gasteiger partial charge in [-0.05, 0) is 55.0 Å². The van der Waals surface area contributed by atoms with Gasteiger partial charge in [-0.2, -0.15) is 0 Å². The Balaban J connectivity index is 1.54. The van der Waals surface area contributed by atoms with Crippen LogP contribution in [-0.4, -0.2) is 19.0 Å². The maximum absolute atomic E-state index is 12.7. The van der Waals surface area contributed by atoms with Crippen molar-refractivity contribution in [2.45, 2.75) is 6.92 Å². The Morgan fingerprint density at radius 2 is 1.79 bits per heavy atom. The third kappa shape index (κ3) is 3.84. The molecule has 0 saturated heterocycles. The summed E-state index contributed by atoms with van der Waals surface area (Å²) < 4.78 is 11.1. The number of benzene rings is 3. The molecule has 3 aromatic carbocycles. The van der Waals surface area contributed by atoms with Gasteiger partial charge < -0.3 is 25.4 Å². The molecule has 0 bridgehead atoms. The summed E-state index contributed by atoms with van der Waals surface area (Å²) in [6.07, 6.45) is 0. The quantitative estimate of drug-likeness (QED) is 0.588. The number of fused-ring (bicyclic) bond motifs is 2. The molecule has 0 aliphatic carbocycles. The molecule has 0 unspecified atom stereocenters. The monoisotopic (exact) mass is 389 g/mol. The van der Waals surface area contributed by atoms with E-state index < -0.39 is 6.03 Å². The summed E-state index contributed by atoms with van der Waals surface area (Å²) in [6.45, 7) is 1.94. The Morgan fingerprint density at radius 3 is 2.62 bits per heavy atom. The zero-order valence-corrected chi connectivity index (χ0v) is 15.9. The van der Waals surface area contributed by atoms with Gasteiger partial charge >= 0.3 is 6.03 Å². The van der Waals surface area contributed by atoms with Crippen LogP contribution in [0.4, 0.5) is 21.9 Å². The summed E-state index contributed by atoms with van der Waals surface area (Å²) >= 11 is 0. The number of amides is 3.